The zero-order valence-corrected chi connectivity index (χ0v) is 10.2. The molecule has 3 heteroatoms. The third-order valence-electron chi connectivity index (χ3n) is 3.64. The molecular weight excluding hydrogens is 212 g/mol. The summed E-state index contributed by atoms with van der Waals surface area (Å²) in [7, 11) is 0. The predicted molar refractivity (Wildman–Crippen MR) is 69.8 cm³/mol. The number of hydrogen-bond donors (Lipinski definition) is 1. The second-order valence-corrected chi connectivity index (χ2v) is 4.91. The summed E-state index contributed by atoms with van der Waals surface area (Å²) < 4.78 is 5.78. The minimum absolute atomic E-state index is 0.654. The fraction of sp³-hybridized carbons (Fsp3) is 0.571. The highest BCUT2D eigenvalue weighted by molar-refractivity contribution is 5.59. The van der Waals surface area contributed by atoms with E-state index < -0.39 is 0 Å². The Morgan fingerprint density at radius 2 is 2.24 bits per heavy atom. The van der Waals surface area contributed by atoms with Crippen molar-refractivity contribution in [2.75, 3.05) is 31.1 Å². The number of hydrogen-bond acceptors (Lipinski definition) is 3. The van der Waals surface area contributed by atoms with Crippen molar-refractivity contribution in [3.05, 3.63) is 24.3 Å². The van der Waals surface area contributed by atoms with E-state index in [9.17, 15) is 0 Å². The summed E-state index contributed by atoms with van der Waals surface area (Å²) in [5, 5.41) is 3.57. The Labute approximate surface area is 103 Å². The summed E-state index contributed by atoms with van der Waals surface area (Å²) in [6.07, 6.45) is 3.73. The topological polar surface area (TPSA) is 24.5 Å². The second-order valence-electron chi connectivity index (χ2n) is 4.91. The monoisotopic (exact) mass is 232 g/mol. The van der Waals surface area contributed by atoms with Gasteiger partial charge in [-0.15, -0.1) is 0 Å². The van der Waals surface area contributed by atoms with Gasteiger partial charge in [0.1, 0.15) is 5.75 Å². The molecule has 0 bridgehead atoms. The highest BCUT2D eigenvalue weighted by atomic mass is 16.5. The van der Waals surface area contributed by atoms with Crippen molar-refractivity contribution >= 4 is 5.69 Å². The molecule has 2 heterocycles. The predicted octanol–water partition coefficient (Wildman–Crippen LogP) is 2.03. The Hall–Kier alpha value is -1.22. The van der Waals surface area contributed by atoms with Gasteiger partial charge in [0.05, 0.1) is 12.3 Å². The van der Waals surface area contributed by atoms with E-state index in [2.05, 4.69) is 34.5 Å². The van der Waals surface area contributed by atoms with Crippen LogP contribution in [0.25, 0.3) is 0 Å². The van der Waals surface area contributed by atoms with E-state index in [1.54, 1.807) is 0 Å². The van der Waals surface area contributed by atoms with Crippen molar-refractivity contribution in [2.45, 2.75) is 25.3 Å². The lowest BCUT2D eigenvalue weighted by molar-refractivity contribution is 0.322. The zero-order chi connectivity index (χ0) is 11.5. The van der Waals surface area contributed by atoms with Crippen LogP contribution in [0.5, 0.6) is 5.75 Å². The molecule has 0 aliphatic carbocycles. The van der Waals surface area contributed by atoms with E-state index in [4.69, 9.17) is 4.74 Å². The lowest BCUT2D eigenvalue weighted by atomic mass is 10.2. The second kappa shape index (κ2) is 4.96. The third kappa shape index (κ3) is 2.39. The van der Waals surface area contributed by atoms with Crippen LogP contribution >= 0.6 is 0 Å². The van der Waals surface area contributed by atoms with Crippen molar-refractivity contribution in [3.8, 4) is 5.75 Å². The van der Waals surface area contributed by atoms with Gasteiger partial charge in [-0.25, -0.2) is 0 Å². The first-order valence-electron chi connectivity index (χ1n) is 6.63. The van der Waals surface area contributed by atoms with Gasteiger partial charge in [-0.05, 0) is 37.9 Å². The van der Waals surface area contributed by atoms with Crippen molar-refractivity contribution in [2.24, 2.45) is 0 Å². The van der Waals surface area contributed by atoms with Crippen LogP contribution in [0, 0.1) is 0 Å². The van der Waals surface area contributed by atoms with Crippen LogP contribution in [0.2, 0.25) is 0 Å². The molecule has 3 rings (SSSR count). The molecule has 0 saturated carbocycles. The molecular formula is C14H20N2O. The summed E-state index contributed by atoms with van der Waals surface area (Å²) in [6.45, 7) is 4.23. The van der Waals surface area contributed by atoms with E-state index >= 15 is 0 Å². The highest BCUT2D eigenvalue weighted by Crippen LogP contribution is 2.30. The van der Waals surface area contributed by atoms with E-state index in [-0.39, 0.29) is 0 Å². The lowest BCUT2D eigenvalue weighted by Gasteiger charge is -2.26. The highest BCUT2D eigenvalue weighted by Gasteiger charge is 2.21. The largest absolute Gasteiger partial charge is 0.491 e. The molecule has 2 aliphatic heterocycles. The van der Waals surface area contributed by atoms with E-state index in [0.29, 0.717) is 6.04 Å². The molecule has 1 aromatic carbocycles. The standard InChI is InChI=1S/C14H20N2O/c1-2-7-14-13(6-1)16(9-4-10-17-14)11-12-5-3-8-15-12/h1-2,6-7,12,15H,3-5,8-11H2. The van der Waals surface area contributed by atoms with Gasteiger partial charge in [0.15, 0.2) is 0 Å². The molecule has 2 aliphatic rings. The first-order valence-corrected chi connectivity index (χ1v) is 6.63. The Kier molecular flexibility index (Phi) is 3.18. The van der Waals surface area contributed by atoms with Crippen molar-refractivity contribution in [1.82, 2.24) is 5.32 Å². The zero-order valence-electron chi connectivity index (χ0n) is 10.2. The SMILES string of the molecule is c1ccc2c(c1)OCCCN2CC1CCCN1. The molecule has 1 N–H and O–H groups in total. The van der Waals surface area contributed by atoms with Crippen LogP contribution in [0.1, 0.15) is 19.3 Å². The summed E-state index contributed by atoms with van der Waals surface area (Å²) >= 11 is 0. The molecule has 0 radical (unpaired) electrons. The van der Waals surface area contributed by atoms with Crippen LogP contribution < -0.4 is 15.0 Å². The van der Waals surface area contributed by atoms with Gasteiger partial charge in [-0.3, -0.25) is 0 Å². The summed E-state index contributed by atoms with van der Waals surface area (Å²) in [5.74, 6) is 1.04. The number of nitrogens with one attached hydrogen (secondary N) is 1. The minimum Gasteiger partial charge on any atom is -0.491 e. The molecule has 92 valence electrons. The Morgan fingerprint density at radius 1 is 1.29 bits per heavy atom. The van der Waals surface area contributed by atoms with E-state index in [1.165, 1.54) is 25.1 Å². The summed E-state index contributed by atoms with van der Waals surface area (Å²) in [4.78, 5) is 2.48. The van der Waals surface area contributed by atoms with Crippen molar-refractivity contribution in [1.29, 1.82) is 0 Å². The maximum atomic E-state index is 5.78. The molecule has 0 spiro atoms. The molecule has 1 saturated heterocycles. The minimum atomic E-state index is 0.654. The third-order valence-corrected chi connectivity index (χ3v) is 3.64. The average molecular weight is 232 g/mol. The Morgan fingerprint density at radius 3 is 3.12 bits per heavy atom. The quantitative estimate of drug-likeness (QED) is 0.844. The maximum Gasteiger partial charge on any atom is 0.142 e. The van der Waals surface area contributed by atoms with Gasteiger partial charge in [-0.2, -0.15) is 0 Å². The lowest BCUT2D eigenvalue weighted by Crippen LogP contribution is -2.37. The number of fused-ring (bicyclic) bond motifs is 1. The maximum absolute atomic E-state index is 5.78. The van der Waals surface area contributed by atoms with Crippen molar-refractivity contribution in [3.63, 3.8) is 0 Å². The van der Waals surface area contributed by atoms with Crippen LogP contribution in [0.4, 0.5) is 5.69 Å². The molecule has 0 aromatic heterocycles. The van der Waals surface area contributed by atoms with Crippen LogP contribution in [-0.2, 0) is 0 Å². The van der Waals surface area contributed by atoms with E-state index in [1.807, 2.05) is 0 Å². The number of anilines is 1. The molecule has 1 atom stereocenters. The molecule has 3 nitrogen and oxygen atoms in total. The Bertz CT molecular complexity index is 374. The fourth-order valence-electron chi connectivity index (χ4n) is 2.77. The Balaban J connectivity index is 1.78. The summed E-state index contributed by atoms with van der Waals surface area (Å²) in [5.41, 5.74) is 1.26. The number of benzene rings is 1. The molecule has 1 fully saturated rings. The van der Waals surface area contributed by atoms with Gasteiger partial charge in [0.2, 0.25) is 0 Å². The molecule has 17 heavy (non-hydrogen) atoms. The normalized spacial score (nSPS) is 24.0. The first-order chi connectivity index (χ1) is 8.43. The van der Waals surface area contributed by atoms with Gasteiger partial charge < -0.3 is 15.0 Å². The number of ether oxygens (including phenoxy) is 1. The first kappa shape index (κ1) is 10.9. The fourth-order valence-corrected chi connectivity index (χ4v) is 2.77. The molecule has 1 aromatic rings. The van der Waals surface area contributed by atoms with Gasteiger partial charge >= 0.3 is 0 Å². The number of rotatable bonds is 2. The van der Waals surface area contributed by atoms with Gasteiger partial charge in [0.25, 0.3) is 0 Å². The van der Waals surface area contributed by atoms with Crippen LogP contribution in [-0.4, -0.2) is 32.3 Å². The van der Waals surface area contributed by atoms with E-state index in [0.717, 1.165) is 31.9 Å². The van der Waals surface area contributed by atoms with Crippen molar-refractivity contribution < 1.29 is 4.74 Å². The summed E-state index contributed by atoms with van der Waals surface area (Å²) in [6, 6.07) is 9.06. The van der Waals surface area contributed by atoms with Gasteiger partial charge in [-0.1, -0.05) is 12.1 Å². The molecule has 1 unspecified atom stereocenters. The van der Waals surface area contributed by atoms with Gasteiger partial charge in [0, 0.05) is 19.1 Å². The average Bonchev–Trinajstić information content (AvgIpc) is 2.78. The van der Waals surface area contributed by atoms with Crippen LogP contribution in [0.3, 0.4) is 0 Å². The molecule has 0 amide bonds. The number of para-hydroxylation sites is 2. The smallest absolute Gasteiger partial charge is 0.142 e. The number of nitrogens with zero attached hydrogens (tertiary/aromatic N) is 1. The van der Waals surface area contributed by atoms with Crippen LogP contribution in [0.15, 0.2) is 24.3 Å².